The summed E-state index contributed by atoms with van der Waals surface area (Å²) in [4.78, 5) is 22.5. The second-order valence-corrected chi connectivity index (χ2v) is 5.76. The molecule has 2 aromatic rings. The molecule has 0 unspecified atom stereocenters. The Morgan fingerprint density at radius 3 is 2.50 bits per heavy atom. The van der Waals surface area contributed by atoms with Crippen LogP contribution >= 0.6 is 15.9 Å². The van der Waals surface area contributed by atoms with Crippen molar-refractivity contribution in [3.8, 4) is 11.5 Å². The highest BCUT2D eigenvalue weighted by molar-refractivity contribution is 9.10. The molecular formula is C16H15BrN2O5. The maximum atomic E-state index is 12.2. The summed E-state index contributed by atoms with van der Waals surface area (Å²) in [6.45, 7) is 1.61. The highest BCUT2D eigenvalue weighted by Crippen LogP contribution is 2.29. The van der Waals surface area contributed by atoms with Crippen LogP contribution in [0.1, 0.15) is 6.92 Å². The van der Waals surface area contributed by atoms with E-state index >= 15 is 0 Å². The molecule has 0 fully saturated rings. The largest absolute Gasteiger partial charge is 0.494 e. The van der Waals surface area contributed by atoms with Gasteiger partial charge in [0.15, 0.2) is 6.10 Å². The third-order valence-corrected chi connectivity index (χ3v) is 3.68. The van der Waals surface area contributed by atoms with Crippen molar-refractivity contribution in [2.45, 2.75) is 13.0 Å². The van der Waals surface area contributed by atoms with E-state index in [-0.39, 0.29) is 11.4 Å². The molecule has 126 valence electrons. The number of ether oxygens (including phenoxy) is 2. The molecule has 1 amide bonds. The number of hydrogen-bond donors (Lipinski definition) is 1. The van der Waals surface area contributed by atoms with Gasteiger partial charge in [-0.15, -0.1) is 0 Å². The van der Waals surface area contributed by atoms with Crippen molar-refractivity contribution in [3.63, 3.8) is 0 Å². The summed E-state index contributed by atoms with van der Waals surface area (Å²) >= 11 is 3.32. The van der Waals surface area contributed by atoms with Crippen molar-refractivity contribution in [3.05, 3.63) is 57.1 Å². The molecule has 0 aliphatic rings. The van der Waals surface area contributed by atoms with E-state index in [1.807, 2.05) is 0 Å². The minimum absolute atomic E-state index is 0.121. The number of halogens is 1. The number of methoxy groups -OCH3 is 1. The first-order valence-electron chi connectivity index (χ1n) is 6.96. The Labute approximate surface area is 146 Å². The smallest absolute Gasteiger partial charge is 0.273 e. The Bertz CT molecular complexity index is 749. The number of carbonyl (C=O) groups is 1. The van der Waals surface area contributed by atoms with E-state index in [9.17, 15) is 14.9 Å². The van der Waals surface area contributed by atoms with Crippen LogP contribution < -0.4 is 14.8 Å². The Balaban J connectivity index is 2.08. The highest BCUT2D eigenvalue weighted by Gasteiger charge is 2.18. The maximum absolute atomic E-state index is 12.2. The summed E-state index contributed by atoms with van der Waals surface area (Å²) in [5, 5.41) is 13.4. The van der Waals surface area contributed by atoms with E-state index in [0.29, 0.717) is 11.4 Å². The predicted molar refractivity (Wildman–Crippen MR) is 92.5 cm³/mol. The quantitative estimate of drug-likeness (QED) is 0.594. The zero-order chi connectivity index (χ0) is 17.7. The summed E-state index contributed by atoms with van der Waals surface area (Å²) in [6, 6.07) is 11.0. The van der Waals surface area contributed by atoms with Crippen molar-refractivity contribution in [1.82, 2.24) is 0 Å². The summed E-state index contributed by atoms with van der Waals surface area (Å²) in [7, 11) is 1.37. The van der Waals surface area contributed by atoms with Gasteiger partial charge in [-0.1, -0.05) is 15.9 Å². The maximum Gasteiger partial charge on any atom is 0.273 e. The first-order valence-corrected chi connectivity index (χ1v) is 7.75. The number of nitro groups is 1. The second kappa shape index (κ2) is 7.78. The first kappa shape index (κ1) is 17.7. The monoisotopic (exact) mass is 394 g/mol. The van der Waals surface area contributed by atoms with E-state index in [2.05, 4.69) is 21.2 Å². The second-order valence-electron chi connectivity index (χ2n) is 4.84. The average Bonchev–Trinajstić information content (AvgIpc) is 2.56. The zero-order valence-corrected chi connectivity index (χ0v) is 14.6. The topological polar surface area (TPSA) is 90.7 Å². The van der Waals surface area contributed by atoms with Gasteiger partial charge in [0.05, 0.1) is 23.8 Å². The van der Waals surface area contributed by atoms with Gasteiger partial charge in [0.25, 0.3) is 11.6 Å². The number of nitro benzene ring substituents is 1. The van der Waals surface area contributed by atoms with Gasteiger partial charge < -0.3 is 14.8 Å². The molecule has 24 heavy (non-hydrogen) atoms. The molecule has 2 aromatic carbocycles. The molecule has 0 heterocycles. The van der Waals surface area contributed by atoms with Crippen molar-refractivity contribution >= 4 is 33.2 Å². The normalized spacial score (nSPS) is 11.5. The number of non-ortho nitro benzene ring substituents is 1. The van der Waals surface area contributed by atoms with E-state index in [0.717, 1.165) is 4.47 Å². The molecule has 7 nitrogen and oxygen atoms in total. The molecule has 8 heteroatoms. The molecule has 2 rings (SSSR count). The Kier molecular flexibility index (Phi) is 5.75. The van der Waals surface area contributed by atoms with Crippen LogP contribution in [0.3, 0.4) is 0 Å². The number of nitrogens with one attached hydrogen (secondary N) is 1. The summed E-state index contributed by atoms with van der Waals surface area (Å²) < 4.78 is 11.5. The van der Waals surface area contributed by atoms with Gasteiger partial charge in [-0.2, -0.15) is 0 Å². The van der Waals surface area contributed by atoms with Gasteiger partial charge in [0.2, 0.25) is 0 Å². The molecule has 0 spiro atoms. The van der Waals surface area contributed by atoms with Crippen LogP contribution in [-0.2, 0) is 4.79 Å². The Morgan fingerprint density at radius 1 is 1.25 bits per heavy atom. The molecule has 1 N–H and O–H groups in total. The van der Waals surface area contributed by atoms with Crippen molar-refractivity contribution in [2.75, 3.05) is 12.4 Å². The zero-order valence-electron chi connectivity index (χ0n) is 13.0. The van der Waals surface area contributed by atoms with Crippen LogP contribution in [0, 0.1) is 10.1 Å². The highest BCUT2D eigenvalue weighted by atomic mass is 79.9. The van der Waals surface area contributed by atoms with Gasteiger partial charge in [-0.05, 0) is 37.3 Å². The fraction of sp³-hybridized carbons (Fsp3) is 0.188. The van der Waals surface area contributed by atoms with Gasteiger partial charge in [0.1, 0.15) is 11.5 Å². The number of hydrogen-bond acceptors (Lipinski definition) is 5. The average molecular weight is 395 g/mol. The summed E-state index contributed by atoms with van der Waals surface area (Å²) in [5.74, 6) is 0.356. The van der Waals surface area contributed by atoms with Gasteiger partial charge in [-0.25, -0.2) is 0 Å². The van der Waals surface area contributed by atoms with Crippen LogP contribution in [0.2, 0.25) is 0 Å². The number of nitrogens with zero attached hydrogens (tertiary/aromatic N) is 1. The standard InChI is InChI=1S/C16H15BrN2O5/c1-10(24-13-6-3-11(17)4-7-13)16(20)18-14-8-5-12(19(21)22)9-15(14)23-2/h3-10H,1-2H3,(H,18,20)/t10-/m1/s1. The van der Waals surface area contributed by atoms with Crippen LogP contribution in [0.4, 0.5) is 11.4 Å². The number of carbonyl (C=O) groups excluding carboxylic acids is 1. The van der Waals surface area contributed by atoms with Gasteiger partial charge >= 0.3 is 0 Å². The Hall–Kier alpha value is -2.61. The molecular weight excluding hydrogens is 380 g/mol. The minimum Gasteiger partial charge on any atom is -0.494 e. The third-order valence-electron chi connectivity index (χ3n) is 3.15. The lowest BCUT2D eigenvalue weighted by Crippen LogP contribution is -2.30. The predicted octanol–water partition coefficient (Wildman–Crippen LogP) is 3.77. The van der Waals surface area contributed by atoms with Crippen LogP contribution in [0.5, 0.6) is 11.5 Å². The van der Waals surface area contributed by atoms with E-state index in [4.69, 9.17) is 9.47 Å². The third kappa shape index (κ3) is 4.45. The molecule has 0 aliphatic heterocycles. The van der Waals surface area contributed by atoms with E-state index in [1.54, 1.807) is 31.2 Å². The molecule has 0 aliphatic carbocycles. The van der Waals surface area contributed by atoms with Crippen molar-refractivity contribution in [2.24, 2.45) is 0 Å². The SMILES string of the molecule is COc1cc([N+](=O)[O-])ccc1NC(=O)[C@@H](C)Oc1ccc(Br)cc1. The summed E-state index contributed by atoms with van der Waals surface area (Å²) in [5.41, 5.74) is 0.211. The fourth-order valence-electron chi connectivity index (χ4n) is 1.90. The van der Waals surface area contributed by atoms with Crippen LogP contribution in [-0.4, -0.2) is 24.0 Å². The number of anilines is 1. The fourth-order valence-corrected chi connectivity index (χ4v) is 2.17. The van der Waals surface area contributed by atoms with E-state index in [1.165, 1.54) is 25.3 Å². The van der Waals surface area contributed by atoms with Crippen LogP contribution in [0.15, 0.2) is 46.9 Å². The molecule has 0 saturated heterocycles. The van der Waals surface area contributed by atoms with Crippen molar-refractivity contribution in [1.29, 1.82) is 0 Å². The lowest BCUT2D eigenvalue weighted by Gasteiger charge is -2.16. The van der Waals surface area contributed by atoms with Crippen LogP contribution in [0.25, 0.3) is 0 Å². The molecule has 1 atom stereocenters. The first-order chi connectivity index (χ1) is 11.4. The number of rotatable bonds is 6. The lowest BCUT2D eigenvalue weighted by molar-refractivity contribution is -0.384. The lowest BCUT2D eigenvalue weighted by atomic mass is 10.2. The Morgan fingerprint density at radius 2 is 1.92 bits per heavy atom. The molecule has 0 aromatic heterocycles. The van der Waals surface area contributed by atoms with Gasteiger partial charge in [-0.3, -0.25) is 14.9 Å². The van der Waals surface area contributed by atoms with Crippen molar-refractivity contribution < 1.29 is 19.2 Å². The summed E-state index contributed by atoms with van der Waals surface area (Å²) in [6.07, 6.45) is -0.758. The van der Waals surface area contributed by atoms with Gasteiger partial charge in [0, 0.05) is 10.5 Å². The minimum atomic E-state index is -0.758. The molecule has 0 bridgehead atoms. The molecule has 0 saturated carbocycles. The molecule has 0 radical (unpaired) electrons. The van der Waals surface area contributed by atoms with E-state index < -0.39 is 16.9 Å². The number of benzene rings is 2. The number of amides is 1.